The van der Waals surface area contributed by atoms with E-state index in [1.54, 1.807) is 7.11 Å². The molecule has 0 bridgehead atoms. The number of nitrogens with one attached hydrogen (secondary N) is 2. The van der Waals surface area contributed by atoms with E-state index in [-0.39, 0.29) is 24.2 Å². The van der Waals surface area contributed by atoms with Gasteiger partial charge in [-0.25, -0.2) is 0 Å². The summed E-state index contributed by atoms with van der Waals surface area (Å²) in [5.41, 5.74) is 3.37. The Morgan fingerprint density at radius 1 is 1.21 bits per heavy atom. The van der Waals surface area contributed by atoms with Crippen LogP contribution in [-0.4, -0.2) is 26.1 Å². The molecule has 3 rings (SSSR count). The van der Waals surface area contributed by atoms with Gasteiger partial charge in [0.2, 0.25) is 5.91 Å². The van der Waals surface area contributed by atoms with Crippen LogP contribution in [0.4, 0.5) is 0 Å². The molecule has 4 nitrogen and oxygen atoms in total. The van der Waals surface area contributed by atoms with E-state index in [0.29, 0.717) is 6.54 Å². The van der Waals surface area contributed by atoms with Crippen LogP contribution in [0, 0.1) is 5.92 Å². The van der Waals surface area contributed by atoms with Crippen molar-refractivity contribution in [2.24, 2.45) is 5.92 Å². The van der Waals surface area contributed by atoms with Crippen LogP contribution in [0.3, 0.4) is 0 Å². The number of benzene rings is 2. The van der Waals surface area contributed by atoms with Crippen LogP contribution < -0.4 is 15.4 Å². The van der Waals surface area contributed by atoms with Crippen molar-refractivity contribution >= 4 is 18.3 Å². The molecule has 1 amide bonds. The summed E-state index contributed by atoms with van der Waals surface area (Å²) in [4.78, 5) is 12.0. The largest absolute Gasteiger partial charge is 0.497 e. The predicted molar refractivity (Wildman–Crippen MR) is 98.5 cm³/mol. The Bertz CT molecular complexity index is 667. The highest BCUT2D eigenvalue weighted by Crippen LogP contribution is 2.24. The number of hydrogen-bond acceptors (Lipinski definition) is 3. The molecule has 2 aromatic carbocycles. The van der Waals surface area contributed by atoms with E-state index >= 15 is 0 Å². The molecule has 1 atom stereocenters. The van der Waals surface area contributed by atoms with E-state index < -0.39 is 0 Å². The van der Waals surface area contributed by atoms with Gasteiger partial charge in [-0.2, -0.15) is 0 Å². The monoisotopic (exact) mass is 346 g/mol. The molecule has 1 fully saturated rings. The highest BCUT2D eigenvalue weighted by atomic mass is 35.5. The van der Waals surface area contributed by atoms with Crippen molar-refractivity contribution in [3.8, 4) is 16.9 Å². The van der Waals surface area contributed by atoms with E-state index in [9.17, 15) is 4.79 Å². The molecule has 0 spiro atoms. The van der Waals surface area contributed by atoms with Gasteiger partial charge in [0.1, 0.15) is 5.75 Å². The SMILES string of the molecule is COc1cccc(-c2ccc(CNC(=O)C3CCNC3)cc2)c1.Cl. The van der Waals surface area contributed by atoms with Gasteiger partial charge in [-0.1, -0.05) is 36.4 Å². The Balaban J connectivity index is 0.00000208. The van der Waals surface area contributed by atoms with Crippen molar-refractivity contribution in [3.05, 3.63) is 54.1 Å². The van der Waals surface area contributed by atoms with E-state index in [1.165, 1.54) is 0 Å². The average Bonchev–Trinajstić information content (AvgIpc) is 3.15. The molecule has 128 valence electrons. The topological polar surface area (TPSA) is 50.4 Å². The van der Waals surface area contributed by atoms with Crippen LogP contribution in [0.1, 0.15) is 12.0 Å². The number of ether oxygens (including phenoxy) is 1. The summed E-state index contributed by atoms with van der Waals surface area (Å²) in [6, 6.07) is 16.3. The van der Waals surface area contributed by atoms with Gasteiger partial charge in [0, 0.05) is 13.1 Å². The highest BCUT2D eigenvalue weighted by molar-refractivity contribution is 5.85. The molecule has 24 heavy (non-hydrogen) atoms. The highest BCUT2D eigenvalue weighted by Gasteiger charge is 2.21. The van der Waals surface area contributed by atoms with Crippen molar-refractivity contribution in [1.29, 1.82) is 0 Å². The normalized spacial score (nSPS) is 16.3. The lowest BCUT2D eigenvalue weighted by Gasteiger charge is -2.10. The Hall–Kier alpha value is -2.04. The molecule has 0 radical (unpaired) electrons. The molecule has 0 aliphatic carbocycles. The Labute approximate surface area is 149 Å². The first kappa shape index (κ1) is 18.3. The fraction of sp³-hybridized carbons (Fsp3) is 0.316. The number of carbonyl (C=O) groups excluding carboxylic acids is 1. The van der Waals surface area contributed by atoms with Gasteiger partial charge in [0.05, 0.1) is 13.0 Å². The summed E-state index contributed by atoms with van der Waals surface area (Å²) >= 11 is 0. The lowest BCUT2D eigenvalue weighted by molar-refractivity contribution is -0.124. The summed E-state index contributed by atoms with van der Waals surface area (Å²) in [6.07, 6.45) is 0.931. The summed E-state index contributed by atoms with van der Waals surface area (Å²) in [6.45, 7) is 2.31. The molecule has 2 aromatic rings. The van der Waals surface area contributed by atoms with Crippen LogP contribution in [0.15, 0.2) is 48.5 Å². The Morgan fingerprint density at radius 3 is 2.67 bits per heavy atom. The maximum atomic E-state index is 12.0. The average molecular weight is 347 g/mol. The number of carbonyl (C=O) groups is 1. The van der Waals surface area contributed by atoms with Gasteiger partial charge in [-0.05, 0) is 41.8 Å². The van der Waals surface area contributed by atoms with Crippen molar-refractivity contribution in [2.45, 2.75) is 13.0 Å². The third-order valence-electron chi connectivity index (χ3n) is 4.25. The van der Waals surface area contributed by atoms with Crippen LogP contribution >= 0.6 is 12.4 Å². The summed E-state index contributed by atoms with van der Waals surface area (Å²) in [7, 11) is 1.67. The fourth-order valence-corrected chi connectivity index (χ4v) is 2.83. The van der Waals surface area contributed by atoms with Crippen LogP contribution in [0.5, 0.6) is 5.75 Å². The second-order valence-corrected chi connectivity index (χ2v) is 5.84. The van der Waals surface area contributed by atoms with Gasteiger partial charge in [0.15, 0.2) is 0 Å². The Morgan fingerprint density at radius 2 is 2.00 bits per heavy atom. The van der Waals surface area contributed by atoms with Crippen LogP contribution in [0.25, 0.3) is 11.1 Å². The lowest BCUT2D eigenvalue weighted by Crippen LogP contribution is -2.31. The van der Waals surface area contributed by atoms with E-state index in [2.05, 4.69) is 41.0 Å². The van der Waals surface area contributed by atoms with Crippen molar-refractivity contribution in [3.63, 3.8) is 0 Å². The van der Waals surface area contributed by atoms with Crippen LogP contribution in [0.2, 0.25) is 0 Å². The molecule has 0 aromatic heterocycles. The number of halogens is 1. The van der Waals surface area contributed by atoms with Crippen molar-refractivity contribution in [2.75, 3.05) is 20.2 Å². The van der Waals surface area contributed by atoms with Gasteiger partial charge in [0.25, 0.3) is 0 Å². The quantitative estimate of drug-likeness (QED) is 0.875. The first-order valence-corrected chi connectivity index (χ1v) is 7.98. The third kappa shape index (κ3) is 4.49. The van der Waals surface area contributed by atoms with Gasteiger partial charge in [-0.15, -0.1) is 12.4 Å². The first-order chi connectivity index (χ1) is 11.3. The summed E-state index contributed by atoms with van der Waals surface area (Å²) in [5.74, 6) is 1.11. The van der Waals surface area contributed by atoms with E-state index in [1.807, 2.05) is 18.2 Å². The standard InChI is InChI=1S/C19H22N2O2.ClH/c1-23-18-4-2-3-16(11-18)15-7-5-14(6-8-15)12-21-19(22)17-9-10-20-13-17;/h2-8,11,17,20H,9-10,12-13H2,1H3,(H,21,22);1H. The molecule has 2 N–H and O–H groups in total. The zero-order chi connectivity index (χ0) is 16.1. The lowest BCUT2D eigenvalue weighted by atomic mass is 10.0. The summed E-state index contributed by atoms with van der Waals surface area (Å²) < 4.78 is 5.26. The maximum Gasteiger partial charge on any atom is 0.224 e. The van der Waals surface area contributed by atoms with E-state index in [0.717, 1.165) is 42.0 Å². The molecule has 1 heterocycles. The van der Waals surface area contributed by atoms with E-state index in [4.69, 9.17) is 4.74 Å². The number of amides is 1. The van der Waals surface area contributed by atoms with Crippen molar-refractivity contribution < 1.29 is 9.53 Å². The van der Waals surface area contributed by atoms with Gasteiger partial charge >= 0.3 is 0 Å². The smallest absolute Gasteiger partial charge is 0.224 e. The zero-order valence-corrected chi connectivity index (χ0v) is 14.6. The minimum Gasteiger partial charge on any atom is -0.497 e. The molecule has 1 aliphatic heterocycles. The second-order valence-electron chi connectivity index (χ2n) is 5.84. The van der Waals surface area contributed by atoms with Crippen LogP contribution in [-0.2, 0) is 11.3 Å². The molecule has 1 saturated heterocycles. The Kier molecular flexibility index (Phi) is 6.64. The molecular weight excluding hydrogens is 324 g/mol. The third-order valence-corrected chi connectivity index (χ3v) is 4.25. The van der Waals surface area contributed by atoms with Crippen molar-refractivity contribution in [1.82, 2.24) is 10.6 Å². The first-order valence-electron chi connectivity index (χ1n) is 7.98. The molecule has 0 saturated carbocycles. The minimum absolute atomic E-state index is 0. The minimum atomic E-state index is 0. The maximum absolute atomic E-state index is 12.0. The molecular formula is C19H23ClN2O2. The zero-order valence-electron chi connectivity index (χ0n) is 13.7. The predicted octanol–water partition coefficient (Wildman–Crippen LogP) is 3.01. The summed E-state index contributed by atoms with van der Waals surface area (Å²) in [5, 5.41) is 6.23. The molecule has 5 heteroatoms. The molecule has 1 aliphatic rings. The molecule has 1 unspecified atom stereocenters. The fourth-order valence-electron chi connectivity index (χ4n) is 2.83. The second kappa shape index (κ2) is 8.71. The number of hydrogen-bond donors (Lipinski definition) is 2. The van der Waals surface area contributed by atoms with Gasteiger partial charge in [-0.3, -0.25) is 4.79 Å². The number of methoxy groups -OCH3 is 1. The van der Waals surface area contributed by atoms with Gasteiger partial charge < -0.3 is 15.4 Å². The number of rotatable bonds is 5.